The Labute approximate surface area is 434 Å². The lowest BCUT2D eigenvalue weighted by Crippen LogP contribution is -2.62. The number of nitrogens with two attached hydrogens (primary N) is 1. The van der Waals surface area contributed by atoms with Crippen LogP contribution in [-0.2, 0) is 70.4 Å². The molecule has 0 bridgehead atoms. The van der Waals surface area contributed by atoms with Gasteiger partial charge in [-0.3, -0.25) is 52.7 Å². The molecule has 0 saturated carbocycles. The highest BCUT2D eigenvalue weighted by Crippen LogP contribution is 2.14. The summed E-state index contributed by atoms with van der Waals surface area (Å²) in [7, 11) is 0. The molecule has 0 spiro atoms. The van der Waals surface area contributed by atoms with Gasteiger partial charge in [-0.2, -0.15) is 0 Å². The second kappa shape index (κ2) is 30.8. The lowest BCUT2D eigenvalue weighted by molar-refractivity contribution is -0.144. The molecule has 0 aliphatic heterocycles. The number of carboxylic acid groups (broad SMARTS) is 2. The lowest BCUT2D eigenvalue weighted by atomic mass is 9.95. The number of aliphatic carboxylic acids is 2. The summed E-state index contributed by atoms with van der Waals surface area (Å²) in [5.41, 5.74) is 6.60. The van der Waals surface area contributed by atoms with E-state index in [1.54, 1.807) is 84.0 Å². The number of amides is 10. The zero-order valence-corrected chi connectivity index (χ0v) is 43.3. The Morgan fingerprint density at radius 2 is 1.01 bits per heavy atom. The number of rotatable bonds is 31. The van der Waals surface area contributed by atoms with Crippen LogP contribution in [0.3, 0.4) is 0 Å². The van der Waals surface area contributed by atoms with E-state index in [-0.39, 0.29) is 37.4 Å². The number of primary amides is 1. The SMILES string of the molecule is CC[C@H](C)[C@H](NC(=O)[C@@H](NC(=O)[C@H](Cc1ccccc1)NC(=O)CNC(=O)[C@H](C)NC(=O)[C@H](Cc1ccc(O)cc1)NC(C)=O)C(C)C)C(=O)N[C@@H](CC(N)=O)C(=O)N[C@@H](CC(=O)O)C(=O)N[C@@H](CC(C)C)C(=O)O. The van der Waals surface area contributed by atoms with Crippen molar-refractivity contribution in [2.24, 2.45) is 23.5 Å². The van der Waals surface area contributed by atoms with Crippen molar-refractivity contribution < 1.29 is 72.9 Å². The molecule has 0 unspecified atom stereocenters. The van der Waals surface area contributed by atoms with Gasteiger partial charge in [-0.25, -0.2) is 4.79 Å². The van der Waals surface area contributed by atoms with Crippen molar-refractivity contribution in [3.8, 4) is 5.75 Å². The van der Waals surface area contributed by atoms with E-state index in [1.807, 2.05) is 0 Å². The largest absolute Gasteiger partial charge is 0.508 e. The van der Waals surface area contributed by atoms with E-state index in [2.05, 4.69) is 47.9 Å². The van der Waals surface area contributed by atoms with E-state index in [9.17, 15) is 72.9 Å². The van der Waals surface area contributed by atoms with Crippen LogP contribution in [0.15, 0.2) is 54.6 Å². The van der Waals surface area contributed by atoms with Gasteiger partial charge in [-0.15, -0.1) is 0 Å². The molecular weight excluding hydrogens is 981 g/mol. The topological polar surface area (TPSA) is 400 Å². The van der Waals surface area contributed by atoms with Gasteiger partial charge in [0.05, 0.1) is 19.4 Å². The van der Waals surface area contributed by atoms with Gasteiger partial charge in [-0.1, -0.05) is 90.4 Å². The average molecular weight is 1050 g/mol. The maximum absolute atomic E-state index is 14.1. The van der Waals surface area contributed by atoms with Crippen molar-refractivity contribution in [2.75, 3.05) is 6.54 Å². The number of carbonyl (C=O) groups is 12. The molecule has 2 rings (SSSR count). The molecule has 0 aliphatic carbocycles. The first-order valence-electron chi connectivity index (χ1n) is 24.3. The summed E-state index contributed by atoms with van der Waals surface area (Å²) in [6, 6.07) is 2.86. The van der Waals surface area contributed by atoms with Crippen molar-refractivity contribution >= 4 is 71.0 Å². The number of nitrogens with one attached hydrogen (secondary N) is 9. The van der Waals surface area contributed by atoms with Gasteiger partial charge in [0.2, 0.25) is 59.1 Å². The third-order valence-electron chi connectivity index (χ3n) is 11.6. The molecule has 0 aliphatic rings. The Hall–Kier alpha value is -8.12. The average Bonchev–Trinajstić information content (AvgIpc) is 3.32. The molecule has 9 atom stereocenters. The minimum atomic E-state index is -1.87. The molecule has 14 N–H and O–H groups in total. The number of carbonyl (C=O) groups excluding carboxylic acids is 10. The standard InChI is InChI=1S/C50H72N10O15/c1-9-27(6)42(49(73)57-35(22-38(51)63)45(69)56-36(23-40(65)66)46(70)58-37(50(74)75)19-25(2)3)60-48(72)41(26(4)5)59-47(71)34(20-30-13-11-10-12-14-30)55-39(64)24-52-43(67)28(7)53-44(68)33(54-29(8)61)21-31-15-17-32(62)18-16-31/h10-18,25-28,33-37,41-42,62H,9,19-24H2,1-8H3,(H2,51,63)(H,52,67)(H,53,68)(H,54,61)(H,55,64)(H,56,69)(H,57,73)(H,58,70)(H,59,71)(H,60,72)(H,65,66)(H,74,75)/t27-,28-,33-,34-,35-,36-,37-,41-,42-/m0/s1. The van der Waals surface area contributed by atoms with Gasteiger partial charge in [0.1, 0.15) is 54.1 Å². The Bertz CT molecular complexity index is 2350. The fourth-order valence-electron chi connectivity index (χ4n) is 7.35. The number of hydrogen-bond acceptors (Lipinski definition) is 13. The van der Waals surface area contributed by atoms with Gasteiger partial charge in [0.25, 0.3) is 0 Å². The Morgan fingerprint density at radius 1 is 0.533 bits per heavy atom. The van der Waals surface area contributed by atoms with Crippen LogP contribution in [0, 0.1) is 17.8 Å². The number of phenols is 1. The summed E-state index contributed by atoms with van der Waals surface area (Å²) in [6.45, 7) is 11.7. The van der Waals surface area contributed by atoms with Crippen molar-refractivity contribution in [1.29, 1.82) is 0 Å². The van der Waals surface area contributed by atoms with E-state index >= 15 is 0 Å². The number of benzene rings is 2. The number of hydrogen-bond donors (Lipinski definition) is 13. The smallest absolute Gasteiger partial charge is 0.326 e. The van der Waals surface area contributed by atoms with Crippen LogP contribution >= 0.6 is 0 Å². The predicted octanol–water partition coefficient (Wildman–Crippen LogP) is -1.61. The third kappa shape index (κ3) is 22.7. The normalized spacial score (nSPS) is 14.6. The second-order valence-corrected chi connectivity index (χ2v) is 18.9. The van der Waals surface area contributed by atoms with Crippen LogP contribution in [0.25, 0.3) is 0 Å². The molecule has 0 saturated heterocycles. The Kier molecular flexibility index (Phi) is 25.9. The maximum atomic E-state index is 14.1. The summed E-state index contributed by atoms with van der Waals surface area (Å²) in [5, 5.41) is 50.6. The molecule has 0 heterocycles. The summed E-state index contributed by atoms with van der Waals surface area (Å²) in [4.78, 5) is 156. The van der Waals surface area contributed by atoms with Gasteiger partial charge in [-0.05, 0) is 54.4 Å². The van der Waals surface area contributed by atoms with Crippen LogP contribution in [0.1, 0.15) is 92.2 Å². The number of aromatic hydroxyl groups is 1. The minimum absolute atomic E-state index is 0.000849. The molecular formula is C50H72N10O15. The zero-order chi connectivity index (χ0) is 56.7. The van der Waals surface area contributed by atoms with E-state index in [0.717, 1.165) is 0 Å². The van der Waals surface area contributed by atoms with Crippen LogP contribution in [0.5, 0.6) is 5.75 Å². The first-order chi connectivity index (χ1) is 35.1. The van der Waals surface area contributed by atoms with Crippen LogP contribution in [0.4, 0.5) is 0 Å². The quantitative estimate of drug-likeness (QED) is 0.0404. The monoisotopic (exact) mass is 1050 g/mol. The highest BCUT2D eigenvalue weighted by molar-refractivity contribution is 5.99. The summed E-state index contributed by atoms with van der Waals surface area (Å²) < 4.78 is 0. The van der Waals surface area contributed by atoms with E-state index < -0.39 is 151 Å². The van der Waals surface area contributed by atoms with E-state index in [0.29, 0.717) is 11.1 Å². The van der Waals surface area contributed by atoms with Crippen LogP contribution in [0.2, 0.25) is 0 Å². The lowest BCUT2D eigenvalue weighted by Gasteiger charge is -2.30. The van der Waals surface area contributed by atoms with Gasteiger partial charge < -0.3 is 68.9 Å². The van der Waals surface area contributed by atoms with E-state index in [4.69, 9.17) is 5.73 Å². The van der Waals surface area contributed by atoms with Gasteiger partial charge >= 0.3 is 11.9 Å². The van der Waals surface area contributed by atoms with Crippen molar-refractivity contribution in [3.63, 3.8) is 0 Å². The Balaban J connectivity index is 2.28. The fraction of sp³-hybridized carbons (Fsp3) is 0.520. The molecule has 75 heavy (non-hydrogen) atoms. The molecule has 0 fully saturated rings. The molecule has 412 valence electrons. The number of carboxylic acids is 2. The second-order valence-electron chi connectivity index (χ2n) is 18.9. The molecule has 2 aromatic carbocycles. The minimum Gasteiger partial charge on any atom is -0.508 e. The highest BCUT2D eigenvalue weighted by Gasteiger charge is 2.37. The molecule has 10 amide bonds. The first-order valence-corrected chi connectivity index (χ1v) is 24.3. The van der Waals surface area contributed by atoms with Crippen LogP contribution < -0.4 is 53.6 Å². The summed E-state index contributed by atoms with van der Waals surface area (Å²) in [6.07, 6.45) is -1.71. The first kappa shape index (κ1) is 63.0. The molecule has 0 aromatic heterocycles. The summed E-state index contributed by atoms with van der Waals surface area (Å²) >= 11 is 0. The molecule has 25 nitrogen and oxygen atoms in total. The summed E-state index contributed by atoms with van der Waals surface area (Å²) in [5.74, 6) is -13.6. The molecule has 2 aromatic rings. The number of phenolic OH excluding ortho intramolecular Hbond substituents is 1. The highest BCUT2D eigenvalue weighted by atomic mass is 16.4. The van der Waals surface area contributed by atoms with Gasteiger partial charge in [0.15, 0.2) is 0 Å². The third-order valence-corrected chi connectivity index (χ3v) is 11.6. The van der Waals surface area contributed by atoms with Crippen molar-refractivity contribution in [3.05, 3.63) is 65.7 Å². The van der Waals surface area contributed by atoms with Crippen LogP contribution in [-0.4, -0.2) is 141 Å². The molecule has 0 radical (unpaired) electrons. The predicted molar refractivity (Wildman–Crippen MR) is 269 cm³/mol. The van der Waals surface area contributed by atoms with E-state index in [1.165, 1.54) is 26.0 Å². The maximum Gasteiger partial charge on any atom is 0.326 e. The fourth-order valence-corrected chi connectivity index (χ4v) is 7.35. The van der Waals surface area contributed by atoms with Crippen molar-refractivity contribution in [1.82, 2.24) is 47.9 Å². The molecule has 25 heteroatoms. The zero-order valence-electron chi connectivity index (χ0n) is 43.3. The van der Waals surface area contributed by atoms with Crippen molar-refractivity contribution in [2.45, 2.75) is 142 Å². The van der Waals surface area contributed by atoms with Gasteiger partial charge in [0, 0.05) is 19.8 Å². The Morgan fingerprint density at radius 3 is 1.52 bits per heavy atom.